The van der Waals surface area contributed by atoms with Crippen molar-refractivity contribution in [3.63, 3.8) is 0 Å². The average Bonchev–Trinajstić information content (AvgIpc) is 2.45. The van der Waals surface area contributed by atoms with E-state index in [0.29, 0.717) is 24.2 Å². The monoisotopic (exact) mass is 412 g/mol. The number of rotatable bonds is 8. The van der Waals surface area contributed by atoms with Gasteiger partial charge in [-0.3, -0.25) is 0 Å². The minimum atomic E-state index is -0.524. The zero-order chi connectivity index (χ0) is 17.9. The predicted octanol–water partition coefficient (Wildman–Crippen LogP) is 0.920. The summed E-state index contributed by atoms with van der Waals surface area (Å²) in [5.41, 5.74) is -0.524. The molecule has 133 valence electrons. The van der Waals surface area contributed by atoms with Gasteiger partial charge in [-0.25, -0.2) is 0 Å². The molecule has 0 heterocycles. The number of nitrogens with one attached hydrogen (secondary N) is 2. The van der Waals surface area contributed by atoms with Gasteiger partial charge in [0.1, 0.15) is 0 Å². The summed E-state index contributed by atoms with van der Waals surface area (Å²) in [5, 5.41) is 5.60. The van der Waals surface area contributed by atoms with Gasteiger partial charge in [-0.15, -0.1) is 0 Å². The zero-order valence-corrected chi connectivity index (χ0v) is 16.8. The van der Waals surface area contributed by atoms with Gasteiger partial charge in [-0.05, 0) is 0 Å². The molecule has 1 radical (unpaired) electrons. The summed E-state index contributed by atoms with van der Waals surface area (Å²) < 4.78 is 10.4. The number of hydrogen-bond acceptors (Lipinski definition) is 6. The molecule has 9 heteroatoms. The van der Waals surface area contributed by atoms with Crippen LogP contribution in [0, 0.1) is 0 Å². The van der Waals surface area contributed by atoms with Crippen LogP contribution in [0.5, 0.6) is 0 Å². The summed E-state index contributed by atoms with van der Waals surface area (Å²) in [7, 11) is 1.36. The van der Waals surface area contributed by atoms with E-state index in [2.05, 4.69) is 31.6 Å². The van der Waals surface area contributed by atoms with Crippen molar-refractivity contribution in [3.05, 3.63) is 0 Å². The van der Waals surface area contributed by atoms with Crippen LogP contribution >= 0.6 is 11.8 Å². The molecular weight excluding hydrogens is 385 g/mol. The third-order valence-corrected chi connectivity index (χ3v) is 3.59. The number of amides is 1. The minimum absolute atomic E-state index is 0.325. The molecule has 0 aliphatic rings. The van der Waals surface area contributed by atoms with Crippen molar-refractivity contribution in [2.24, 2.45) is 4.99 Å². The van der Waals surface area contributed by atoms with E-state index in [1.165, 1.54) is 7.11 Å². The molecule has 0 saturated heterocycles. The van der Waals surface area contributed by atoms with Gasteiger partial charge >= 0.3 is 150 Å². The van der Waals surface area contributed by atoms with Crippen LogP contribution in [0.25, 0.3) is 0 Å². The van der Waals surface area contributed by atoms with Gasteiger partial charge in [0, 0.05) is 0 Å². The Balaban J connectivity index is 4.22. The van der Waals surface area contributed by atoms with E-state index in [4.69, 9.17) is 9.47 Å². The third kappa shape index (κ3) is 12.2. The summed E-state index contributed by atoms with van der Waals surface area (Å²) >= 11 is 4.42. The molecule has 0 spiro atoms. The van der Waals surface area contributed by atoms with E-state index in [-0.39, 0.29) is 5.97 Å². The number of esters is 1. The molecule has 2 N–H and O–H groups in total. The molecule has 0 aromatic rings. The second-order valence-electron chi connectivity index (χ2n) is 5.62. The van der Waals surface area contributed by atoms with Crippen LogP contribution in [-0.2, 0) is 14.3 Å². The zero-order valence-electron chi connectivity index (χ0n) is 14.3. The molecule has 0 aliphatic carbocycles. The van der Waals surface area contributed by atoms with Crippen LogP contribution in [0.4, 0.5) is 4.79 Å². The first-order chi connectivity index (χ1) is 10.7. The molecule has 0 bridgehead atoms. The van der Waals surface area contributed by atoms with Gasteiger partial charge in [0.2, 0.25) is 0 Å². The fourth-order valence-corrected chi connectivity index (χ4v) is 2.41. The topological polar surface area (TPSA) is 89.0 Å². The van der Waals surface area contributed by atoms with Gasteiger partial charge in [-0.1, -0.05) is 0 Å². The fourth-order valence-electron chi connectivity index (χ4n) is 1.45. The van der Waals surface area contributed by atoms with Crippen molar-refractivity contribution >= 4 is 44.6 Å². The van der Waals surface area contributed by atoms with Crippen LogP contribution in [-0.4, -0.2) is 76.7 Å². The first-order valence-corrected chi connectivity index (χ1v) is 9.46. The normalized spacial score (nSPS) is 13.2. The second-order valence-corrected chi connectivity index (χ2v) is 7.41. The molecule has 0 unspecified atom stereocenters. The van der Waals surface area contributed by atoms with E-state index in [1.54, 1.807) is 32.5 Å². The number of hydrogen-bond donors (Lipinski definition) is 2. The Morgan fingerprint density at radius 1 is 1.35 bits per heavy atom. The Labute approximate surface area is 150 Å². The van der Waals surface area contributed by atoms with Crippen LogP contribution in [0.1, 0.15) is 27.2 Å². The van der Waals surface area contributed by atoms with E-state index in [0.717, 1.165) is 5.75 Å². The van der Waals surface area contributed by atoms with Gasteiger partial charge in [-0.2, -0.15) is 0 Å². The molecule has 1 atom stereocenters. The van der Waals surface area contributed by atoms with Crippen molar-refractivity contribution in [1.82, 2.24) is 10.6 Å². The standard InChI is InChI=1S/C14H26N3O4SSe/c1-14(2,3)21-13(19)16-8-7-15-12(23)17-10(6-9-22-5)11(18)20-4/h10H,6-9H2,1-5H3,(H,15,17)(H,16,19)/t10-/m0/s1. The fraction of sp³-hybridized carbons (Fsp3) is 0.786. The van der Waals surface area contributed by atoms with Crippen molar-refractivity contribution in [2.75, 3.05) is 32.2 Å². The maximum atomic E-state index is 11.7. The SMILES string of the molecule is COC(=O)[C@H](CCSC)NC([Se])=NCCNC(=O)OC(C)(C)C. The quantitative estimate of drug-likeness (QED) is 0.203. The summed E-state index contributed by atoms with van der Waals surface area (Å²) in [4.78, 5) is 27.4. The Morgan fingerprint density at radius 3 is 2.52 bits per heavy atom. The molecule has 23 heavy (non-hydrogen) atoms. The molecule has 0 saturated carbocycles. The van der Waals surface area contributed by atoms with Gasteiger partial charge < -0.3 is 0 Å². The number of ether oxygens (including phenoxy) is 2. The number of nitrogens with zero attached hydrogens (tertiary/aromatic N) is 1. The van der Waals surface area contributed by atoms with Gasteiger partial charge in [0.25, 0.3) is 0 Å². The Morgan fingerprint density at radius 2 is 2.00 bits per heavy atom. The number of amidine groups is 1. The molecule has 1 amide bonds. The Bertz CT molecular complexity index is 413. The van der Waals surface area contributed by atoms with Gasteiger partial charge in [0.15, 0.2) is 0 Å². The number of carbonyl (C=O) groups excluding carboxylic acids is 2. The van der Waals surface area contributed by atoms with Crippen LogP contribution in [0.3, 0.4) is 0 Å². The molecule has 0 aromatic heterocycles. The molecule has 0 rings (SSSR count). The number of aliphatic imine (C=N–C) groups is 1. The van der Waals surface area contributed by atoms with Crippen molar-refractivity contribution < 1.29 is 19.1 Å². The van der Waals surface area contributed by atoms with Gasteiger partial charge in [0.05, 0.1) is 0 Å². The van der Waals surface area contributed by atoms with Crippen molar-refractivity contribution in [1.29, 1.82) is 0 Å². The number of methoxy groups -OCH3 is 1. The molecule has 0 fully saturated rings. The Kier molecular flexibility index (Phi) is 11.1. The van der Waals surface area contributed by atoms with E-state index < -0.39 is 17.7 Å². The maximum absolute atomic E-state index is 11.7. The average molecular weight is 411 g/mol. The Hall–Kier alpha value is -0.921. The van der Waals surface area contributed by atoms with E-state index in [9.17, 15) is 9.59 Å². The van der Waals surface area contributed by atoms with E-state index >= 15 is 0 Å². The predicted molar refractivity (Wildman–Crippen MR) is 94.2 cm³/mol. The number of alkyl carbamates (subject to hydrolysis) is 1. The van der Waals surface area contributed by atoms with E-state index in [1.807, 2.05) is 6.26 Å². The summed E-state index contributed by atoms with van der Waals surface area (Å²) in [6.07, 6.45) is 2.14. The molecular formula is C14H26N3O4SSe. The molecule has 0 aliphatic heterocycles. The first-order valence-electron chi connectivity index (χ1n) is 7.21. The molecule has 7 nitrogen and oxygen atoms in total. The number of thioether (sulfide) groups is 1. The second kappa shape index (κ2) is 11.6. The summed E-state index contributed by atoms with van der Waals surface area (Å²) in [6.45, 7) is 6.11. The number of carbonyl (C=O) groups is 2. The first kappa shape index (κ1) is 22.1. The molecule has 0 aromatic carbocycles. The van der Waals surface area contributed by atoms with Crippen LogP contribution in [0.2, 0.25) is 0 Å². The summed E-state index contributed by atoms with van der Waals surface area (Å²) in [5.74, 6) is 0.508. The van der Waals surface area contributed by atoms with Crippen molar-refractivity contribution in [3.8, 4) is 0 Å². The van der Waals surface area contributed by atoms with Crippen molar-refractivity contribution in [2.45, 2.75) is 38.8 Å². The summed E-state index contributed by atoms with van der Waals surface area (Å²) in [6, 6.07) is -0.439. The van der Waals surface area contributed by atoms with Crippen LogP contribution in [0.15, 0.2) is 4.99 Å². The third-order valence-electron chi connectivity index (χ3n) is 2.43. The van der Waals surface area contributed by atoms with Crippen LogP contribution < -0.4 is 10.6 Å².